The van der Waals surface area contributed by atoms with Crippen LogP contribution in [0.2, 0.25) is 0 Å². The summed E-state index contributed by atoms with van der Waals surface area (Å²) in [4.78, 5) is 0.246. The number of aryl methyl sites for hydroxylation is 1. The fourth-order valence-electron chi connectivity index (χ4n) is 2.11. The molecule has 0 fully saturated rings. The Hall–Kier alpha value is -0.890. The van der Waals surface area contributed by atoms with E-state index in [1.54, 1.807) is 33.2 Å². The van der Waals surface area contributed by atoms with Gasteiger partial charge in [0.1, 0.15) is 0 Å². The van der Waals surface area contributed by atoms with E-state index in [-0.39, 0.29) is 4.90 Å². The number of methoxy groups -OCH3 is 1. The lowest BCUT2D eigenvalue weighted by Crippen LogP contribution is -2.46. The summed E-state index contributed by atoms with van der Waals surface area (Å²) >= 11 is 0. The second-order valence-electron chi connectivity index (χ2n) is 5.49. The predicted molar refractivity (Wildman–Crippen MR) is 78.9 cm³/mol. The molecule has 0 amide bonds. The van der Waals surface area contributed by atoms with Crippen molar-refractivity contribution in [2.75, 3.05) is 13.7 Å². The number of rotatable bonds is 8. The van der Waals surface area contributed by atoms with Crippen molar-refractivity contribution in [3.8, 4) is 0 Å². The summed E-state index contributed by atoms with van der Waals surface area (Å²) in [6.45, 7) is 6.96. The molecule has 0 radical (unpaired) electrons. The Morgan fingerprint density at radius 1 is 1.45 bits per heavy atom. The maximum atomic E-state index is 12.4. The van der Waals surface area contributed by atoms with Crippen molar-refractivity contribution in [2.45, 2.75) is 50.7 Å². The van der Waals surface area contributed by atoms with Gasteiger partial charge in [-0.3, -0.25) is 0 Å². The first-order chi connectivity index (χ1) is 9.25. The molecule has 0 unspecified atom stereocenters. The SMILES string of the molecule is CCCn1cc(S(=O)(=O)NC(C)(C)COC)cc1CN. The second kappa shape index (κ2) is 6.71. The number of sulfonamides is 1. The van der Waals surface area contributed by atoms with Gasteiger partial charge in [0.05, 0.1) is 17.0 Å². The third kappa shape index (κ3) is 4.31. The smallest absolute Gasteiger partial charge is 0.242 e. The predicted octanol–water partition coefficient (Wildman–Crippen LogP) is 1.06. The van der Waals surface area contributed by atoms with Gasteiger partial charge in [-0.25, -0.2) is 13.1 Å². The van der Waals surface area contributed by atoms with Gasteiger partial charge in [-0.15, -0.1) is 0 Å². The highest BCUT2D eigenvalue weighted by molar-refractivity contribution is 7.89. The molecule has 1 rings (SSSR count). The molecule has 0 aliphatic carbocycles. The van der Waals surface area contributed by atoms with Crippen LogP contribution in [0, 0.1) is 0 Å². The number of hydrogen-bond donors (Lipinski definition) is 2. The highest BCUT2D eigenvalue weighted by Gasteiger charge is 2.27. The Labute approximate surface area is 121 Å². The molecule has 0 saturated heterocycles. The highest BCUT2D eigenvalue weighted by atomic mass is 32.2. The average molecular weight is 303 g/mol. The summed E-state index contributed by atoms with van der Waals surface area (Å²) in [5, 5.41) is 0. The van der Waals surface area contributed by atoms with Gasteiger partial charge < -0.3 is 15.0 Å². The number of ether oxygens (including phenoxy) is 1. The maximum Gasteiger partial charge on any atom is 0.242 e. The van der Waals surface area contributed by atoms with Crippen molar-refractivity contribution in [1.29, 1.82) is 0 Å². The molecule has 0 aromatic carbocycles. The fourth-order valence-corrected chi connectivity index (χ4v) is 3.57. The Morgan fingerprint density at radius 2 is 2.10 bits per heavy atom. The molecule has 116 valence electrons. The minimum Gasteiger partial charge on any atom is -0.383 e. The summed E-state index contributed by atoms with van der Waals surface area (Å²) in [7, 11) is -2.03. The fraction of sp³-hybridized carbons (Fsp3) is 0.692. The van der Waals surface area contributed by atoms with E-state index in [1.165, 1.54) is 0 Å². The van der Waals surface area contributed by atoms with Crippen LogP contribution in [0.1, 0.15) is 32.9 Å². The third-order valence-electron chi connectivity index (χ3n) is 2.86. The first-order valence-corrected chi connectivity index (χ1v) is 8.16. The molecule has 6 nitrogen and oxygen atoms in total. The molecule has 20 heavy (non-hydrogen) atoms. The normalized spacial score (nSPS) is 12.8. The van der Waals surface area contributed by atoms with Crippen molar-refractivity contribution in [3.63, 3.8) is 0 Å². The van der Waals surface area contributed by atoms with Crippen molar-refractivity contribution < 1.29 is 13.2 Å². The van der Waals surface area contributed by atoms with Gasteiger partial charge in [-0.2, -0.15) is 0 Å². The Balaban J connectivity index is 3.04. The van der Waals surface area contributed by atoms with E-state index in [0.717, 1.165) is 18.7 Å². The number of nitrogens with zero attached hydrogens (tertiary/aromatic N) is 1. The molecule has 3 N–H and O–H groups in total. The molecule has 1 aromatic rings. The van der Waals surface area contributed by atoms with Gasteiger partial charge in [0.15, 0.2) is 0 Å². The van der Waals surface area contributed by atoms with Gasteiger partial charge in [0.25, 0.3) is 0 Å². The van der Waals surface area contributed by atoms with Crippen LogP contribution in [0.4, 0.5) is 0 Å². The number of hydrogen-bond acceptors (Lipinski definition) is 4. The molecule has 0 saturated carbocycles. The molecule has 0 atom stereocenters. The summed E-state index contributed by atoms with van der Waals surface area (Å²) < 4.78 is 34.3. The lowest BCUT2D eigenvalue weighted by molar-refractivity contribution is 0.141. The zero-order chi connectivity index (χ0) is 15.4. The van der Waals surface area contributed by atoms with Gasteiger partial charge in [-0.05, 0) is 26.3 Å². The van der Waals surface area contributed by atoms with Crippen LogP contribution >= 0.6 is 0 Å². The van der Waals surface area contributed by atoms with E-state index >= 15 is 0 Å². The van der Waals surface area contributed by atoms with Crippen LogP contribution in [0.3, 0.4) is 0 Å². The molecule has 1 aromatic heterocycles. The maximum absolute atomic E-state index is 12.4. The summed E-state index contributed by atoms with van der Waals surface area (Å²) in [5.41, 5.74) is 5.81. The van der Waals surface area contributed by atoms with E-state index < -0.39 is 15.6 Å². The highest BCUT2D eigenvalue weighted by Crippen LogP contribution is 2.17. The molecule has 0 bridgehead atoms. The van der Waals surface area contributed by atoms with Crippen molar-refractivity contribution in [3.05, 3.63) is 18.0 Å². The minimum atomic E-state index is -3.58. The van der Waals surface area contributed by atoms with Crippen molar-refractivity contribution in [1.82, 2.24) is 9.29 Å². The van der Waals surface area contributed by atoms with Crippen LogP contribution < -0.4 is 10.5 Å². The van der Waals surface area contributed by atoms with Crippen LogP contribution in [0.5, 0.6) is 0 Å². The van der Waals surface area contributed by atoms with Crippen LogP contribution in [0.25, 0.3) is 0 Å². The number of aromatic nitrogens is 1. The third-order valence-corrected chi connectivity index (χ3v) is 4.53. The quantitative estimate of drug-likeness (QED) is 0.752. The molecule has 0 aliphatic heterocycles. The van der Waals surface area contributed by atoms with Gasteiger partial charge >= 0.3 is 0 Å². The zero-order valence-electron chi connectivity index (χ0n) is 12.6. The summed E-state index contributed by atoms with van der Waals surface area (Å²) in [6, 6.07) is 1.63. The molecule has 0 aliphatic rings. The Kier molecular flexibility index (Phi) is 5.76. The number of nitrogens with two attached hydrogens (primary N) is 1. The monoisotopic (exact) mass is 303 g/mol. The zero-order valence-corrected chi connectivity index (χ0v) is 13.5. The summed E-state index contributed by atoms with van der Waals surface area (Å²) in [6.07, 6.45) is 2.56. The standard InChI is InChI=1S/C13H25N3O3S/c1-5-6-16-9-12(7-11(16)8-14)20(17,18)15-13(2,3)10-19-4/h7,9,15H,5-6,8,10,14H2,1-4H3. The van der Waals surface area contributed by atoms with Crippen LogP contribution in [-0.4, -0.2) is 32.2 Å². The van der Waals surface area contributed by atoms with Gasteiger partial charge in [-0.1, -0.05) is 6.92 Å². The van der Waals surface area contributed by atoms with E-state index in [4.69, 9.17) is 10.5 Å². The summed E-state index contributed by atoms with van der Waals surface area (Å²) in [5.74, 6) is 0. The van der Waals surface area contributed by atoms with E-state index in [0.29, 0.717) is 13.2 Å². The lowest BCUT2D eigenvalue weighted by atomic mass is 10.1. The van der Waals surface area contributed by atoms with Crippen LogP contribution in [-0.2, 0) is 27.8 Å². The minimum absolute atomic E-state index is 0.246. The molecule has 7 heteroatoms. The lowest BCUT2D eigenvalue weighted by Gasteiger charge is -2.24. The van der Waals surface area contributed by atoms with E-state index in [1.807, 2.05) is 11.5 Å². The van der Waals surface area contributed by atoms with E-state index in [2.05, 4.69) is 4.72 Å². The molecule has 1 heterocycles. The second-order valence-corrected chi connectivity index (χ2v) is 7.17. The first kappa shape index (κ1) is 17.2. The molecular weight excluding hydrogens is 278 g/mol. The number of nitrogens with one attached hydrogen (secondary N) is 1. The average Bonchev–Trinajstić information content (AvgIpc) is 2.72. The van der Waals surface area contributed by atoms with Crippen molar-refractivity contribution in [2.24, 2.45) is 5.73 Å². The first-order valence-electron chi connectivity index (χ1n) is 6.68. The van der Waals surface area contributed by atoms with Crippen LogP contribution in [0.15, 0.2) is 17.2 Å². The topological polar surface area (TPSA) is 86.3 Å². The van der Waals surface area contributed by atoms with Gasteiger partial charge in [0.2, 0.25) is 10.0 Å². The Bertz CT molecular complexity index is 535. The van der Waals surface area contributed by atoms with Crippen molar-refractivity contribution >= 4 is 10.0 Å². The van der Waals surface area contributed by atoms with E-state index in [9.17, 15) is 8.42 Å². The molecule has 0 spiro atoms. The largest absolute Gasteiger partial charge is 0.383 e. The molecular formula is C13H25N3O3S. The van der Waals surface area contributed by atoms with Gasteiger partial charge in [0, 0.05) is 32.1 Å². The Morgan fingerprint density at radius 3 is 2.60 bits per heavy atom.